The van der Waals surface area contributed by atoms with Crippen molar-refractivity contribution in [1.82, 2.24) is 9.80 Å². The van der Waals surface area contributed by atoms with Gasteiger partial charge in [-0.2, -0.15) is 0 Å². The molecule has 17 heavy (non-hydrogen) atoms. The highest BCUT2D eigenvalue weighted by Crippen LogP contribution is 2.15. The van der Waals surface area contributed by atoms with Crippen LogP contribution in [-0.4, -0.2) is 56.2 Å². The Kier molecular flexibility index (Phi) is 4.40. The van der Waals surface area contributed by atoms with Gasteiger partial charge in [-0.25, -0.2) is 0 Å². The van der Waals surface area contributed by atoms with Crippen LogP contribution in [0.2, 0.25) is 0 Å². The largest absolute Gasteiger partial charge is 0.492 e. The Balaban J connectivity index is 1.71. The summed E-state index contributed by atoms with van der Waals surface area (Å²) >= 11 is 0. The third kappa shape index (κ3) is 3.72. The molecule has 1 aliphatic heterocycles. The Hall–Kier alpha value is -1.06. The van der Waals surface area contributed by atoms with Crippen molar-refractivity contribution < 1.29 is 4.74 Å². The van der Waals surface area contributed by atoms with E-state index in [0.717, 1.165) is 32.0 Å². The first-order chi connectivity index (χ1) is 8.25. The normalized spacial score (nSPS) is 18.2. The van der Waals surface area contributed by atoms with Crippen molar-refractivity contribution in [2.24, 2.45) is 0 Å². The highest BCUT2D eigenvalue weighted by Gasteiger charge is 2.13. The summed E-state index contributed by atoms with van der Waals surface area (Å²) in [7, 11) is 2.18. The van der Waals surface area contributed by atoms with Crippen LogP contribution in [0.3, 0.4) is 0 Å². The standard InChI is InChI=1S/C14H22N2O/c1-13-5-3-4-6-14(13)17-12-11-16-9-7-15(2)8-10-16/h3-6H,7-12H2,1-2H3. The number of nitrogens with zero attached hydrogens (tertiary/aromatic N) is 2. The summed E-state index contributed by atoms with van der Waals surface area (Å²) in [5.41, 5.74) is 1.21. The Labute approximate surface area is 104 Å². The average Bonchev–Trinajstić information content (AvgIpc) is 2.34. The summed E-state index contributed by atoms with van der Waals surface area (Å²) in [4.78, 5) is 4.84. The molecule has 1 aliphatic rings. The third-order valence-electron chi connectivity index (χ3n) is 3.35. The molecule has 0 spiro atoms. The van der Waals surface area contributed by atoms with Crippen molar-refractivity contribution in [3.05, 3.63) is 29.8 Å². The van der Waals surface area contributed by atoms with Gasteiger partial charge in [-0.3, -0.25) is 4.90 Å². The fraction of sp³-hybridized carbons (Fsp3) is 0.571. The maximum atomic E-state index is 5.81. The average molecular weight is 234 g/mol. The molecule has 0 aliphatic carbocycles. The molecule has 0 saturated carbocycles. The molecule has 0 unspecified atom stereocenters. The summed E-state index contributed by atoms with van der Waals surface area (Å²) in [5, 5.41) is 0. The molecule has 1 saturated heterocycles. The van der Waals surface area contributed by atoms with Gasteiger partial charge in [0, 0.05) is 32.7 Å². The fourth-order valence-electron chi connectivity index (χ4n) is 2.07. The van der Waals surface area contributed by atoms with Crippen LogP contribution in [0, 0.1) is 6.92 Å². The topological polar surface area (TPSA) is 15.7 Å². The Morgan fingerprint density at radius 3 is 2.53 bits per heavy atom. The van der Waals surface area contributed by atoms with Gasteiger partial charge in [0.1, 0.15) is 12.4 Å². The zero-order chi connectivity index (χ0) is 12.1. The summed E-state index contributed by atoms with van der Waals surface area (Å²) in [5.74, 6) is 1.02. The van der Waals surface area contributed by atoms with Crippen molar-refractivity contribution in [2.75, 3.05) is 46.4 Å². The molecule has 1 aromatic rings. The molecule has 3 nitrogen and oxygen atoms in total. The van der Waals surface area contributed by atoms with Crippen LogP contribution in [-0.2, 0) is 0 Å². The number of aryl methyl sites for hydroxylation is 1. The van der Waals surface area contributed by atoms with E-state index in [0.29, 0.717) is 0 Å². The first kappa shape index (κ1) is 12.4. The van der Waals surface area contributed by atoms with Gasteiger partial charge in [0.2, 0.25) is 0 Å². The molecule has 3 heteroatoms. The molecule has 0 atom stereocenters. The zero-order valence-electron chi connectivity index (χ0n) is 10.9. The van der Waals surface area contributed by atoms with Crippen LogP contribution in [0.25, 0.3) is 0 Å². The first-order valence-electron chi connectivity index (χ1n) is 6.35. The maximum Gasteiger partial charge on any atom is 0.122 e. The lowest BCUT2D eigenvalue weighted by Crippen LogP contribution is -2.45. The van der Waals surface area contributed by atoms with Gasteiger partial charge in [-0.15, -0.1) is 0 Å². The van der Waals surface area contributed by atoms with Gasteiger partial charge in [0.05, 0.1) is 0 Å². The monoisotopic (exact) mass is 234 g/mol. The van der Waals surface area contributed by atoms with Crippen LogP contribution < -0.4 is 4.74 Å². The minimum Gasteiger partial charge on any atom is -0.492 e. The molecular formula is C14H22N2O. The van der Waals surface area contributed by atoms with Gasteiger partial charge in [-0.1, -0.05) is 18.2 Å². The van der Waals surface area contributed by atoms with Crippen molar-refractivity contribution in [3.63, 3.8) is 0 Å². The van der Waals surface area contributed by atoms with Crippen LogP contribution in [0.4, 0.5) is 0 Å². The van der Waals surface area contributed by atoms with Gasteiger partial charge in [-0.05, 0) is 25.6 Å². The van der Waals surface area contributed by atoms with Gasteiger partial charge < -0.3 is 9.64 Å². The first-order valence-corrected chi connectivity index (χ1v) is 6.35. The number of hydrogen-bond donors (Lipinski definition) is 0. The zero-order valence-corrected chi connectivity index (χ0v) is 10.9. The molecular weight excluding hydrogens is 212 g/mol. The van der Waals surface area contributed by atoms with E-state index in [2.05, 4.69) is 29.8 Å². The molecule has 1 heterocycles. The molecule has 0 amide bonds. The summed E-state index contributed by atoms with van der Waals surface area (Å²) < 4.78 is 5.81. The molecule has 0 aromatic heterocycles. The van der Waals surface area contributed by atoms with Crippen LogP contribution in [0.5, 0.6) is 5.75 Å². The van der Waals surface area contributed by atoms with Crippen molar-refractivity contribution in [2.45, 2.75) is 6.92 Å². The smallest absolute Gasteiger partial charge is 0.122 e. The van der Waals surface area contributed by atoms with Crippen LogP contribution in [0.1, 0.15) is 5.56 Å². The molecule has 2 rings (SSSR count). The number of hydrogen-bond acceptors (Lipinski definition) is 3. The van der Waals surface area contributed by atoms with Crippen molar-refractivity contribution in [1.29, 1.82) is 0 Å². The predicted molar refractivity (Wildman–Crippen MR) is 70.6 cm³/mol. The number of ether oxygens (including phenoxy) is 1. The minimum atomic E-state index is 0.786. The van der Waals surface area contributed by atoms with Gasteiger partial charge in [0.25, 0.3) is 0 Å². The lowest BCUT2D eigenvalue weighted by molar-refractivity contribution is 0.133. The summed E-state index contributed by atoms with van der Waals surface area (Å²) in [6.07, 6.45) is 0. The van der Waals surface area contributed by atoms with Gasteiger partial charge in [0.15, 0.2) is 0 Å². The molecule has 94 valence electrons. The maximum absolute atomic E-state index is 5.81. The minimum absolute atomic E-state index is 0.786. The molecule has 1 fully saturated rings. The van der Waals surface area contributed by atoms with E-state index in [1.165, 1.54) is 18.7 Å². The molecule has 0 N–H and O–H groups in total. The Morgan fingerprint density at radius 1 is 1.12 bits per heavy atom. The Bertz CT molecular complexity index is 346. The number of benzene rings is 1. The van der Waals surface area contributed by atoms with E-state index in [-0.39, 0.29) is 0 Å². The summed E-state index contributed by atoms with van der Waals surface area (Å²) in [6, 6.07) is 8.20. The van der Waals surface area contributed by atoms with Crippen molar-refractivity contribution in [3.8, 4) is 5.75 Å². The van der Waals surface area contributed by atoms with Crippen LogP contribution in [0.15, 0.2) is 24.3 Å². The van der Waals surface area contributed by atoms with E-state index >= 15 is 0 Å². The fourth-order valence-corrected chi connectivity index (χ4v) is 2.07. The SMILES string of the molecule is Cc1ccccc1OCCN1CCN(C)CC1. The lowest BCUT2D eigenvalue weighted by Gasteiger charge is -2.32. The van der Waals surface area contributed by atoms with E-state index in [9.17, 15) is 0 Å². The predicted octanol–water partition coefficient (Wildman–Crippen LogP) is 1.62. The van der Waals surface area contributed by atoms with Crippen LogP contribution >= 0.6 is 0 Å². The number of rotatable bonds is 4. The van der Waals surface area contributed by atoms with E-state index in [1.54, 1.807) is 0 Å². The van der Waals surface area contributed by atoms with E-state index in [4.69, 9.17) is 4.74 Å². The second-order valence-electron chi connectivity index (χ2n) is 4.76. The highest BCUT2D eigenvalue weighted by atomic mass is 16.5. The van der Waals surface area contributed by atoms with E-state index < -0.39 is 0 Å². The lowest BCUT2D eigenvalue weighted by atomic mass is 10.2. The van der Waals surface area contributed by atoms with E-state index in [1.807, 2.05) is 18.2 Å². The highest BCUT2D eigenvalue weighted by molar-refractivity contribution is 5.31. The number of piperazine rings is 1. The quantitative estimate of drug-likeness (QED) is 0.787. The van der Waals surface area contributed by atoms with Crippen molar-refractivity contribution >= 4 is 0 Å². The third-order valence-corrected chi connectivity index (χ3v) is 3.35. The molecule has 0 radical (unpaired) electrons. The molecule has 0 bridgehead atoms. The summed E-state index contributed by atoms with van der Waals surface area (Å²) in [6.45, 7) is 8.57. The van der Waals surface area contributed by atoms with Gasteiger partial charge >= 0.3 is 0 Å². The second kappa shape index (κ2) is 6.03. The Morgan fingerprint density at radius 2 is 1.82 bits per heavy atom. The number of likely N-dealkylation sites (N-methyl/N-ethyl adjacent to an activating group) is 1. The molecule has 1 aromatic carbocycles. The second-order valence-corrected chi connectivity index (χ2v) is 4.76. The number of para-hydroxylation sites is 1.